The van der Waals surface area contributed by atoms with Crippen molar-refractivity contribution in [1.82, 2.24) is 4.90 Å². The van der Waals surface area contributed by atoms with Crippen molar-refractivity contribution in [2.24, 2.45) is 11.1 Å². The third-order valence-electron chi connectivity index (χ3n) is 4.71. The number of benzene rings is 1. The Labute approximate surface area is 141 Å². The molecule has 2 aliphatic heterocycles. The molecule has 3 nitrogen and oxygen atoms in total. The highest BCUT2D eigenvalue weighted by Crippen LogP contribution is 2.34. The van der Waals surface area contributed by atoms with Gasteiger partial charge in [0.2, 0.25) is 0 Å². The first kappa shape index (κ1) is 16.8. The zero-order valence-electron chi connectivity index (χ0n) is 12.7. The lowest BCUT2D eigenvalue weighted by Crippen LogP contribution is -2.28. The molecule has 3 rings (SSSR count). The van der Waals surface area contributed by atoms with Crippen molar-refractivity contribution in [2.45, 2.75) is 38.1 Å². The van der Waals surface area contributed by atoms with E-state index < -0.39 is 11.7 Å². The Morgan fingerprint density at radius 3 is 2.57 bits per heavy atom. The number of nitrogens with zero attached hydrogens (tertiary/aromatic N) is 2. The molecule has 1 aromatic rings. The second-order valence-corrected chi connectivity index (χ2v) is 7.07. The fourth-order valence-electron chi connectivity index (χ4n) is 3.25. The summed E-state index contributed by atoms with van der Waals surface area (Å²) in [6, 6.07) is 5.56. The van der Waals surface area contributed by atoms with Crippen molar-refractivity contribution in [3.05, 3.63) is 35.4 Å². The maximum Gasteiger partial charge on any atom is 0.416 e. The standard InChI is InChI=1S/C16H18BrF3N2O/c1-10(11-2-4-13(5-3-11)16(18,19)20)22-7-6-12(9-22)14-8-15(17)21-23-14/h2-5,10,12,14H,6-9H2,1H3/t10-,12-,14?/m0/s1. The molecule has 1 unspecified atom stereocenters. The number of oxime groups is 1. The van der Waals surface area contributed by atoms with E-state index >= 15 is 0 Å². The number of rotatable bonds is 3. The molecule has 1 aromatic carbocycles. The number of hydrogen-bond acceptors (Lipinski definition) is 3. The molecule has 23 heavy (non-hydrogen) atoms. The quantitative estimate of drug-likeness (QED) is 0.753. The van der Waals surface area contributed by atoms with Gasteiger partial charge in [-0.2, -0.15) is 13.2 Å². The minimum absolute atomic E-state index is 0.0908. The molecule has 0 saturated carbocycles. The number of alkyl halides is 3. The SMILES string of the molecule is C[C@@H](c1ccc(C(F)(F)F)cc1)N1CC[C@H](C2CC(Br)=NO2)C1. The molecule has 126 valence electrons. The first-order valence-corrected chi connectivity index (χ1v) is 8.43. The second-order valence-electron chi connectivity index (χ2n) is 6.15. The van der Waals surface area contributed by atoms with Gasteiger partial charge in [0.15, 0.2) is 0 Å². The van der Waals surface area contributed by atoms with Crippen LogP contribution in [0.25, 0.3) is 0 Å². The van der Waals surface area contributed by atoms with Gasteiger partial charge < -0.3 is 4.84 Å². The fraction of sp³-hybridized carbons (Fsp3) is 0.562. The summed E-state index contributed by atoms with van der Waals surface area (Å²) in [5.41, 5.74) is 0.303. The Morgan fingerprint density at radius 2 is 2.00 bits per heavy atom. The molecule has 0 aliphatic carbocycles. The van der Waals surface area contributed by atoms with Crippen LogP contribution in [0.3, 0.4) is 0 Å². The second kappa shape index (κ2) is 6.43. The topological polar surface area (TPSA) is 24.8 Å². The van der Waals surface area contributed by atoms with E-state index in [0.717, 1.165) is 48.2 Å². The summed E-state index contributed by atoms with van der Waals surface area (Å²) in [6.45, 7) is 3.83. The van der Waals surface area contributed by atoms with Crippen LogP contribution < -0.4 is 0 Å². The van der Waals surface area contributed by atoms with Crippen molar-refractivity contribution >= 4 is 20.6 Å². The van der Waals surface area contributed by atoms with E-state index in [0.29, 0.717) is 5.92 Å². The molecule has 2 aliphatic rings. The van der Waals surface area contributed by atoms with Crippen LogP contribution >= 0.6 is 15.9 Å². The van der Waals surface area contributed by atoms with Crippen molar-refractivity contribution in [2.75, 3.05) is 13.1 Å². The average Bonchev–Trinajstić information content (AvgIpc) is 3.14. The summed E-state index contributed by atoms with van der Waals surface area (Å²) in [7, 11) is 0. The van der Waals surface area contributed by atoms with Gasteiger partial charge in [-0.1, -0.05) is 17.3 Å². The lowest BCUT2D eigenvalue weighted by molar-refractivity contribution is -0.137. The Balaban J connectivity index is 1.61. The number of likely N-dealkylation sites (tertiary alicyclic amines) is 1. The molecule has 7 heteroatoms. The molecule has 0 spiro atoms. The molecule has 0 aromatic heterocycles. The lowest BCUT2D eigenvalue weighted by Gasteiger charge is -2.25. The van der Waals surface area contributed by atoms with Crippen LogP contribution in [-0.4, -0.2) is 28.7 Å². The van der Waals surface area contributed by atoms with Crippen LogP contribution in [0.15, 0.2) is 29.4 Å². The van der Waals surface area contributed by atoms with Gasteiger partial charge in [-0.05, 0) is 53.5 Å². The van der Waals surface area contributed by atoms with Gasteiger partial charge in [0.25, 0.3) is 0 Å². The minimum Gasteiger partial charge on any atom is -0.391 e. The van der Waals surface area contributed by atoms with Gasteiger partial charge in [0.1, 0.15) is 10.7 Å². The maximum absolute atomic E-state index is 12.6. The van der Waals surface area contributed by atoms with Gasteiger partial charge in [-0.3, -0.25) is 4.90 Å². The van der Waals surface area contributed by atoms with E-state index in [2.05, 4.69) is 26.0 Å². The van der Waals surface area contributed by atoms with E-state index in [4.69, 9.17) is 4.84 Å². The predicted molar refractivity (Wildman–Crippen MR) is 85.4 cm³/mol. The van der Waals surface area contributed by atoms with Gasteiger partial charge in [0.05, 0.1) is 5.56 Å². The van der Waals surface area contributed by atoms with E-state index in [1.807, 2.05) is 6.92 Å². The van der Waals surface area contributed by atoms with Crippen molar-refractivity contribution in [3.63, 3.8) is 0 Å². The lowest BCUT2D eigenvalue weighted by atomic mass is 9.99. The zero-order valence-corrected chi connectivity index (χ0v) is 14.3. The predicted octanol–water partition coefficient (Wildman–Crippen LogP) is 4.59. The van der Waals surface area contributed by atoms with Crippen LogP contribution in [0.1, 0.15) is 36.9 Å². The summed E-state index contributed by atoms with van der Waals surface area (Å²) in [5.74, 6) is 0.408. The molecule has 1 fully saturated rings. The van der Waals surface area contributed by atoms with Crippen LogP contribution in [0, 0.1) is 5.92 Å². The molecule has 0 N–H and O–H groups in total. The minimum atomic E-state index is -4.28. The van der Waals surface area contributed by atoms with E-state index in [1.165, 1.54) is 0 Å². The highest BCUT2D eigenvalue weighted by atomic mass is 79.9. The highest BCUT2D eigenvalue weighted by Gasteiger charge is 2.36. The Kier molecular flexibility index (Phi) is 4.69. The van der Waals surface area contributed by atoms with Crippen LogP contribution in [0.2, 0.25) is 0 Å². The summed E-state index contributed by atoms with van der Waals surface area (Å²) in [4.78, 5) is 7.72. The zero-order chi connectivity index (χ0) is 16.6. The number of hydrogen-bond donors (Lipinski definition) is 0. The summed E-state index contributed by atoms with van der Waals surface area (Å²) in [6.07, 6.45) is -2.36. The molecule has 2 heterocycles. The van der Waals surface area contributed by atoms with E-state index in [1.54, 1.807) is 12.1 Å². The maximum atomic E-state index is 12.6. The molecular formula is C16H18BrF3N2O. The summed E-state index contributed by atoms with van der Waals surface area (Å²) < 4.78 is 38.8. The van der Waals surface area contributed by atoms with Crippen LogP contribution in [0.5, 0.6) is 0 Å². The average molecular weight is 391 g/mol. The first-order chi connectivity index (χ1) is 10.8. The van der Waals surface area contributed by atoms with Crippen molar-refractivity contribution in [1.29, 1.82) is 0 Å². The third kappa shape index (κ3) is 3.71. The Hall–Kier alpha value is -1.08. The Morgan fingerprint density at radius 1 is 1.30 bits per heavy atom. The summed E-state index contributed by atoms with van der Waals surface area (Å²) in [5, 5.41) is 3.93. The number of halogens is 4. The molecule has 3 atom stereocenters. The van der Waals surface area contributed by atoms with Crippen LogP contribution in [-0.2, 0) is 11.0 Å². The van der Waals surface area contributed by atoms with Crippen LogP contribution in [0.4, 0.5) is 13.2 Å². The van der Waals surface area contributed by atoms with Crippen molar-refractivity contribution in [3.8, 4) is 0 Å². The molecular weight excluding hydrogens is 373 g/mol. The third-order valence-corrected chi connectivity index (χ3v) is 5.18. The van der Waals surface area contributed by atoms with E-state index in [-0.39, 0.29) is 12.1 Å². The highest BCUT2D eigenvalue weighted by molar-refractivity contribution is 9.18. The molecule has 0 bridgehead atoms. The Bertz CT molecular complexity index is 588. The van der Waals surface area contributed by atoms with Gasteiger partial charge in [-0.15, -0.1) is 0 Å². The van der Waals surface area contributed by atoms with Crippen molar-refractivity contribution < 1.29 is 18.0 Å². The monoisotopic (exact) mass is 390 g/mol. The smallest absolute Gasteiger partial charge is 0.391 e. The first-order valence-electron chi connectivity index (χ1n) is 7.64. The molecule has 1 saturated heterocycles. The summed E-state index contributed by atoms with van der Waals surface area (Å²) >= 11 is 3.35. The molecule has 0 amide bonds. The normalized spacial score (nSPS) is 26.9. The van der Waals surface area contributed by atoms with Gasteiger partial charge >= 0.3 is 6.18 Å². The van der Waals surface area contributed by atoms with E-state index in [9.17, 15) is 13.2 Å². The fourth-order valence-corrected chi connectivity index (χ4v) is 3.65. The van der Waals surface area contributed by atoms with Gasteiger partial charge in [-0.25, -0.2) is 0 Å². The van der Waals surface area contributed by atoms with Gasteiger partial charge in [0, 0.05) is 24.9 Å². The molecule has 0 radical (unpaired) electrons. The largest absolute Gasteiger partial charge is 0.416 e.